The zero-order valence-electron chi connectivity index (χ0n) is 14.8. The number of hydrogen-bond donors (Lipinski definition) is 0. The predicted molar refractivity (Wildman–Crippen MR) is 106 cm³/mol. The fraction of sp³-hybridized carbons (Fsp3) is 0.318. The normalized spacial score (nSPS) is 20.5. The van der Waals surface area contributed by atoms with E-state index >= 15 is 0 Å². The Balaban J connectivity index is 1.37. The molecule has 1 atom stereocenters. The molecular weight excluding hydrogens is 344 g/mol. The number of carbonyl (C=O) groups is 1. The maximum atomic E-state index is 12.5. The molecule has 26 heavy (non-hydrogen) atoms. The smallest absolute Gasteiger partial charge is 0.246 e. The number of halogens is 1. The zero-order chi connectivity index (χ0) is 17.9. The van der Waals surface area contributed by atoms with Gasteiger partial charge in [0.05, 0.1) is 0 Å². The summed E-state index contributed by atoms with van der Waals surface area (Å²) in [5.41, 5.74) is 3.78. The Labute approximate surface area is 159 Å². The van der Waals surface area contributed by atoms with Crippen LogP contribution in [-0.2, 0) is 17.8 Å². The molecule has 2 aromatic carbocycles. The lowest BCUT2D eigenvalue weighted by molar-refractivity contribution is -0.125. The van der Waals surface area contributed by atoms with Crippen LogP contribution in [0.3, 0.4) is 0 Å². The third kappa shape index (κ3) is 3.69. The second-order valence-electron chi connectivity index (χ2n) is 7.07. The zero-order valence-corrected chi connectivity index (χ0v) is 15.5. The Hall–Kier alpha value is -2.10. The molecule has 1 saturated heterocycles. The lowest BCUT2D eigenvalue weighted by atomic mass is 9.98. The van der Waals surface area contributed by atoms with E-state index in [0.29, 0.717) is 11.1 Å². The molecule has 0 aliphatic carbocycles. The largest absolute Gasteiger partial charge is 0.338 e. The van der Waals surface area contributed by atoms with E-state index < -0.39 is 0 Å². The van der Waals surface area contributed by atoms with E-state index in [4.69, 9.17) is 11.6 Å². The topological polar surface area (TPSA) is 23.6 Å². The SMILES string of the molecule is O=C(/C=C/c1ccccc1Cl)N1CCC(N2CCc3ccccc3C2)C1. The first-order valence-corrected chi connectivity index (χ1v) is 9.61. The summed E-state index contributed by atoms with van der Waals surface area (Å²) in [6.45, 7) is 3.72. The number of amides is 1. The van der Waals surface area contributed by atoms with Crippen LogP contribution >= 0.6 is 11.6 Å². The summed E-state index contributed by atoms with van der Waals surface area (Å²) < 4.78 is 0. The van der Waals surface area contributed by atoms with E-state index in [1.165, 1.54) is 11.1 Å². The minimum Gasteiger partial charge on any atom is -0.338 e. The Bertz CT molecular complexity index is 832. The van der Waals surface area contributed by atoms with Crippen LogP contribution in [0.25, 0.3) is 6.08 Å². The van der Waals surface area contributed by atoms with Crippen molar-refractivity contribution in [2.75, 3.05) is 19.6 Å². The Kier molecular flexibility index (Phi) is 5.09. The van der Waals surface area contributed by atoms with E-state index in [0.717, 1.165) is 44.6 Å². The van der Waals surface area contributed by atoms with Crippen LogP contribution in [0.1, 0.15) is 23.1 Å². The number of likely N-dealkylation sites (tertiary alicyclic amines) is 1. The molecule has 1 fully saturated rings. The minimum atomic E-state index is 0.0739. The molecule has 2 aliphatic rings. The fourth-order valence-corrected chi connectivity index (χ4v) is 4.14. The summed E-state index contributed by atoms with van der Waals surface area (Å²) in [6, 6.07) is 16.7. The molecule has 0 spiro atoms. The van der Waals surface area contributed by atoms with E-state index in [-0.39, 0.29) is 5.91 Å². The van der Waals surface area contributed by atoms with Crippen molar-refractivity contribution < 1.29 is 4.79 Å². The maximum Gasteiger partial charge on any atom is 0.246 e. The number of rotatable bonds is 3. The van der Waals surface area contributed by atoms with Crippen LogP contribution in [-0.4, -0.2) is 41.4 Å². The van der Waals surface area contributed by atoms with Gasteiger partial charge in [-0.3, -0.25) is 9.69 Å². The number of nitrogens with zero attached hydrogens (tertiary/aromatic N) is 2. The average Bonchev–Trinajstić information content (AvgIpc) is 3.17. The quantitative estimate of drug-likeness (QED) is 0.766. The number of carbonyl (C=O) groups excluding carboxylic acids is 1. The highest BCUT2D eigenvalue weighted by molar-refractivity contribution is 6.32. The summed E-state index contributed by atoms with van der Waals surface area (Å²) in [4.78, 5) is 17.0. The summed E-state index contributed by atoms with van der Waals surface area (Å²) >= 11 is 6.15. The summed E-state index contributed by atoms with van der Waals surface area (Å²) in [7, 11) is 0. The molecular formula is C22H23ClN2O. The van der Waals surface area contributed by atoms with Crippen molar-refractivity contribution >= 4 is 23.6 Å². The molecule has 0 saturated carbocycles. The first-order valence-electron chi connectivity index (χ1n) is 9.23. The van der Waals surface area contributed by atoms with Gasteiger partial charge in [0, 0.05) is 43.3 Å². The predicted octanol–water partition coefficient (Wildman–Crippen LogP) is 4.01. The average molecular weight is 367 g/mol. The van der Waals surface area contributed by atoms with Gasteiger partial charge in [0.2, 0.25) is 5.91 Å². The molecule has 2 aliphatic heterocycles. The lowest BCUT2D eigenvalue weighted by Gasteiger charge is -2.33. The molecule has 0 bridgehead atoms. The third-order valence-corrected chi connectivity index (χ3v) is 5.81. The first kappa shape index (κ1) is 17.3. The number of hydrogen-bond acceptors (Lipinski definition) is 2. The van der Waals surface area contributed by atoms with Gasteiger partial charge in [-0.15, -0.1) is 0 Å². The van der Waals surface area contributed by atoms with E-state index in [9.17, 15) is 4.79 Å². The van der Waals surface area contributed by atoms with Gasteiger partial charge in [-0.2, -0.15) is 0 Å². The van der Waals surface area contributed by atoms with E-state index in [1.54, 1.807) is 6.08 Å². The Morgan fingerprint density at radius 1 is 1.04 bits per heavy atom. The van der Waals surface area contributed by atoms with Gasteiger partial charge < -0.3 is 4.90 Å². The molecule has 2 aromatic rings. The summed E-state index contributed by atoms with van der Waals surface area (Å²) in [5.74, 6) is 0.0739. The van der Waals surface area contributed by atoms with Crippen LogP contribution in [0.2, 0.25) is 5.02 Å². The van der Waals surface area contributed by atoms with Crippen molar-refractivity contribution in [1.82, 2.24) is 9.80 Å². The van der Waals surface area contributed by atoms with Crippen LogP contribution in [0.15, 0.2) is 54.6 Å². The fourth-order valence-electron chi connectivity index (χ4n) is 3.95. The molecule has 0 N–H and O–H groups in total. The van der Waals surface area contributed by atoms with Gasteiger partial charge in [-0.25, -0.2) is 0 Å². The van der Waals surface area contributed by atoms with Crippen molar-refractivity contribution in [2.24, 2.45) is 0 Å². The van der Waals surface area contributed by atoms with Crippen molar-refractivity contribution in [3.05, 3.63) is 76.3 Å². The third-order valence-electron chi connectivity index (χ3n) is 5.46. The summed E-state index contributed by atoms with van der Waals surface area (Å²) in [6.07, 6.45) is 5.62. The van der Waals surface area contributed by atoms with Gasteiger partial charge in [-0.05, 0) is 41.7 Å². The molecule has 4 heteroatoms. The molecule has 0 radical (unpaired) electrons. The highest BCUT2D eigenvalue weighted by atomic mass is 35.5. The Morgan fingerprint density at radius 3 is 2.65 bits per heavy atom. The lowest BCUT2D eigenvalue weighted by Crippen LogP contribution is -2.41. The monoisotopic (exact) mass is 366 g/mol. The highest BCUT2D eigenvalue weighted by Crippen LogP contribution is 2.25. The molecule has 3 nitrogen and oxygen atoms in total. The molecule has 2 heterocycles. The van der Waals surface area contributed by atoms with Gasteiger partial charge >= 0.3 is 0 Å². The van der Waals surface area contributed by atoms with E-state index in [1.807, 2.05) is 35.2 Å². The van der Waals surface area contributed by atoms with Crippen LogP contribution in [0.5, 0.6) is 0 Å². The second-order valence-corrected chi connectivity index (χ2v) is 7.48. The number of benzene rings is 2. The second kappa shape index (κ2) is 7.65. The molecule has 4 rings (SSSR count). The maximum absolute atomic E-state index is 12.5. The molecule has 0 aromatic heterocycles. The van der Waals surface area contributed by atoms with Crippen LogP contribution in [0.4, 0.5) is 0 Å². The van der Waals surface area contributed by atoms with Crippen LogP contribution < -0.4 is 0 Å². The highest BCUT2D eigenvalue weighted by Gasteiger charge is 2.31. The van der Waals surface area contributed by atoms with Gasteiger partial charge in [0.25, 0.3) is 0 Å². The minimum absolute atomic E-state index is 0.0739. The van der Waals surface area contributed by atoms with Crippen molar-refractivity contribution in [2.45, 2.75) is 25.4 Å². The molecule has 1 amide bonds. The van der Waals surface area contributed by atoms with Crippen molar-refractivity contribution in [1.29, 1.82) is 0 Å². The van der Waals surface area contributed by atoms with Gasteiger partial charge in [0.15, 0.2) is 0 Å². The van der Waals surface area contributed by atoms with E-state index in [2.05, 4.69) is 29.2 Å². The Morgan fingerprint density at radius 2 is 1.81 bits per heavy atom. The standard InChI is InChI=1S/C22H23ClN2O/c23-21-8-4-3-6-18(21)9-10-22(26)25-14-12-20(16-25)24-13-11-17-5-1-2-7-19(17)15-24/h1-10,20H,11-16H2/b10-9+. The number of fused-ring (bicyclic) bond motifs is 1. The van der Waals surface area contributed by atoms with Crippen molar-refractivity contribution in [3.63, 3.8) is 0 Å². The molecule has 1 unspecified atom stereocenters. The van der Waals surface area contributed by atoms with Gasteiger partial charge in [0.1, 0.15) is 0 Å². The van der Waals surface area contributed by atoms with Crippen molar-refractivity contribution in [3.8, 4) is 0 Å². The summed E-state index contributed by atoms with van der Waals surface area (Å²) in [5, 5.41) is 0.669. The molecule has 134 valence electrons. The van der Waals surface area contributed by atoms with Gasteiger partial charge in [-0.1, -0.05) is 54.1 Å². The van der Waals surface area contributed by atoms with Crippen LogP contribution in [0, 0.1) is 0 Å². The first-order chi connectivity index (χ1) is 12.7.